The first-order valence-corrected chi connectivity index (χ1v) is 8.90. The van der Waals surface area contributed by atoms with Gasteiger partial charge in [0.05, 0.1) is 17.9 Å². The number of rotatable bonds is 8. The number of methoxy groups -OCH3 is 1. The normalized spacial score (nSPS) is 11.6. The number of carbonyl (C=O) groups excluding carboxylic acids is 2. The van der Waals surface area contributed by atoms with E-state index in [0.29, 0.717) is 35.2 Å². The summed E-state index contributed by atoms with van der Waals surface area (Å²) in [5, 5.41) is 6.11. The Kier molecular flexibility index (Phi) is 7.64. The molecule has 2 rings (SSSR count). The fourth-order valence-electron chi connectivity index (χ4n) is 2.33. The Labute approximate surface area is 163 Å². The molecule has 0 aliphatic rings. The van der Waals surface area contributed by atoms with E-state index in [1.165, 1.54) is 0 Å². The Hall–Kier alpha value is -2.57. The summed E-state index contributed by atoms with van der Waals surface area (Å²) in [6, 6.07) is 12.0. The molecule has 1 atom stereocenters. The van der Waals surface area contributed by atoms with Gasteiger partial charge in [0.2, 0.25) is 0 Å². The summed E-state index contributed by atoms with van der Waals surface area (Å²) in [4.78, 5) is 24.8. The molecule has 0 aliphatic heterocycles. The highest BCUT2D eigenvalue weighted by Gasteiger charge is 2.18. The van der Waals surface area contributed by atoms with Crippen LogP contribution in [-0.2, 0) is 9.53 Å². The van der Waals surface area contributed by atoms with Gasteiger partial charge >= 0.3 is 0 Å². The van der Waals surface area contributed by atoms with Gasteiger partial charge in [-0.3, -0.25) is 9.59 Å². The predicted octanol–water partition coefficient (Wildman–Crippen LogP) is 3.43. The molecule has 0 heterocycles. The first-order chi connectivity index (χ1) is 12.9. The molecular formula is C20H23ClN2O4. The van der Waals surface area contributed by atoms with Crippen LogP contribution in [-0.4, -0.2) is 38.2 Å². The summed E-state index contributed by atoms with van der Waals surface area (Å²) in [6.07, 6.45) is -0.754. The maximum absolute atomic E-state index is 12.5. The van der Waals surface area contributed by atoms with Gasteiger partial charge in [0.1, 0.15) is 5.75 Å². The maximum Gasteiger partial charge on any atom is 0.265 e. The minimum Gasteiger partial charge on any atom is -0.481 e. The number of aryl methyl sites for hydroxylation is 1. The number of hydrogen-bond donors (Lipinski definition) is 2. The molecule has 144 valence electrons. The lowest BCUT2D eigenvalue weighted by molar-refractivity contribution is -0.122. The minimum atomic E-state index is -0.754. The Bertz CT molecular complexity index is 810. The van der Waals surface area contributed by atoms with Crippen LogP contribution in [0.4, 0.5) is 5.69 Å². The lowest BCUT2D eigenvalue weighted by Crippen LogP contribution is -2.32. The summed E-state index contributed by atoms with van der Waals surface area (Å²) in [6.45, 7) is 4.29. The highest BCUT2D eigenvalue weighted by molar-refractivity contribution is 6.31. The Balaban J connectivity index is 2.04. The second kappa shape index (κ2) is 9.94. The first kappa shape index (κ1) is 20.7. The summed E-state index contributed by atoms with van der Waals surface area (Å²) in [5.41, 5.74) is 1.65. The van der Waals surface area contributed by atoms with Crippen molar-refractivity contribution in [3.63, 3.8) is 0 Å². The van der Waals surface area contributed by atoms with Gasteiger partial charge in [0.25, 0.3) is 11.8 Å². The fourth-order valence-corrected chi connectivity index (χ4v) is 2.45. The highest BCUT2D eigenvalue weighted by Crippen LogP contribution is 2.22. The van der Waals surface area contributed by atoms with Gasteiger partial charge in [0.15, 0.2) is 6.10 Å². The Morgan fingerprint density at radius 1 is 1.19 bits per heavy atom. The molecule has 0 fully saturated rings. The predicted molar refractivity (Wildman–Crippen MR) is 106 cm³/mol. The molecule has 2 amide bonds. The van der Waals surface area contributed by atoms with Gasteiger partial charge in [-0.2, -0.15) is 0 Å². The van der Waals surface area contributed by atoms with E-state index in [9.17, 15) is 9.59 Å². The molecule has 7 heteroatoms. The highest BCUT2D eigenvalue weighted by atomic mass is 35.5. The number of hydrogen-bond acceptors (Lipinski definition) is 4. The second-order valence-electron chi connectivity index (χ2n) is 5.95. The summed E-state index contributed by atoms with van der Waals surface area (Å²) in [5.74, 6) is -0.102. The number of halogens is 1. The van der Waals surface area contributed by atoms with Crippen molar-refractivity contribution >= 4 is 29.1 Å². The molecule has 0 aromatic heterocycles. The molecule has 0 spiro atoms. The number of carbonyl (C=O) groups is 2. The van der Waals surface area contributed by atoms with Crippen LogP contribution >= 0.6 is 11.6 Å². The largest absolute Gasteiger partial charge is 0.481 e. The van der Waals surface area contributed by atoms with E-state index < -0.39 is 6.10 Å². The van der Waals surface area contributed by atoms with Crippen molar-refractivity contribution in [1.82, 2.24) is 5.32 Å². The molecule has 6 nitrogen and oxygen atoms in total. The lowest BCUT2D eigenvalue weighted by Gasteiger charge is -2.17. The third-order valence-electron chi connectivity index (χ3n) is 3.83. The summed E-state index contributed by atoms with van der Waals surface area (Å²) >= 11 is 6.00. The molecule has 27 heavy (non-hydrogen) atoms. The van der Waals surface area contributed by atoms with E-state index in [0.717, 1.165) is 5.56 Å². The first-order valence-electron chi connectivity index (χ1n) is 8.52. The van der Waals surface area contributed by atoms with Crippen molar-refractivity contribution in [2.24, 2.45) is 0 Å². The van der Waals surface area contributed by atoms with Crippen molar-refractivity contribution in [2.45, 2.75) is 20.0 Å². The molecule has 0 aliphatic carbocycles. The molecule has 0 bridgehead atoms. The van der Waals surface area contributed by atoms with E-state index in [1.807, 2.05) is 6.92 Å². The van der Waals surface area contributed by atoms with Gasteiger partial charge in [-0.05, 0) is 49.7 Å². The Morgan fingerprint density at radius 2 is 1.93 bits per heavy atom. The van der Waals surface area contributed by atoms with Crippen molar-refractivity contribution in [3.8, 4) is 5.75 Å². The monoisotopic (exact) mass is 390 g/mol. The van der Waals surface area contributed by atoms with Crippen LogP contribution in [0.25, 0.3) is 0 Å². The SMILES string of the molecule is COCCNC(=O)c1ccccc1NC(=O)C(C)Oc1ccc(Cl)c(C)c1. The average Bonchev–Trinajstić information content (AvgIpc) is 2.65. The van der Waals surface area contributed by atoms with E-state index in [1.54, 1.807) is 56.5 Å². The van der Waals surface area contributed by atoms with Crippen molar-refractivity contribution in [2.75, 3.05) is 25.6 Å². The van der Waals surface area contributed by atoms with Crippen LogP contribution in [0.2, 0.25) is 5.02 Å². The molecular weight excluding hydrogens is 368 g/mol. The summed E-state index contributed by atoms with van der Waals surface area (Å²) in [7, 11) is 1.56. The van der Waals surface area contributed by atoms with Gasteiger partial charge in [-0.25, -0.2) is 0 Å². The molecule has 2 N–H and O–H groups in total. The zero-order valence-corrected chi connectivity index (χ0v) is 16.3. The van der Waals surface area contributed by atoms with Crippen LogP contribution in [0.3, 0.4) is 0 Å². The zero-order valence-electron chi connectivity index (χ0n) is 15.5. The van der Waals surface area contributed by atoms with Gasteiger partial charge in [0, 0.05) is 18.7 Å². The zero-order chi connectivity index (χ0) is 19.8. The van der Waals surface area contributed by atoms with Crippen LogP contribution < -0.4 is 15.4 Å². The quantitative estimate of drug-likeness (QED) is 0.677. The second-order valence-corrected chi connectivity index (χ2v) is 6.36. The number of para-hydroxylation sites is 1. The van der Waals surface area contributed by atoms with E-state index in [4.69, 9.17) is 21.1 Å². The molecule has 0 radical (unpaired) electrons. The van der Waals surface area contributed by atoms with Crippen molar-refractivity contribution in [1.29, 1.82) is 0 Å². The number of amides is 2. The van der Waals surface area contributed by atoms with E-state index in [-0.39, 0.29) is 11.8 Å². The molecule has 1 unspecified atom stereocenters. The average molecular weight is 391 g/mol. The molecule has 0 saturated carbocycles. The maximum atomic E-state index is 12.5. The van der Waals surface area contributed by atoms with Crippen LogP contribution in [0.15, 0.2) is 42.5 Å². The van der Waals surface area contributed by atoms with Crippen LogP contribution in [0, 0.1) is 6.92 Å². The molecule has 2 aromatic rings. The van der Waals surface area contributed by atoms with E-state index in [2.05, 4.69) is 10.6 Å². The lowest BCUT2D eigenvalue weighted by atomic mass is 10.1. The smallest absolute Gasteiger partial charge is 0.265 e. The third-order valence-corrected chi connectivity index (χ3v) is 4.26. The number of anilines is 1. The third kappa shape index (κ3) is 5.98. The molecule has 0 saturated heterocycles. The minimum absolute atomic E-state index is 0.287. The number of ether oxygens (including phenoxy) is 2. The van der Waals surface area contributed by atoms with Gasteiger partial charge in [-0.15, -0.1) is 0 Å². The number of nitrogens with one attached hydrogen (secondary N) is 2. The van der Waals surface area contributed by atoms with Gasteiger partial charge in [-0.1, -0.05) is 23.7 Å². The van der Waals surface area contributed by atoms with Crippen LogP contribution in [0.1, 0.15) is 22.8 Å². The standard InChI is InChI=1S/C20H23ClN2O4/c1-13-12-15(8-9-17(13)21)27-14(2)19(24)23-18-7-5-4-6-16(18)20(25)22-10-11-26-3/h4-9,12,14H,10-11H2,1-3H3,(H,22,25)(H,23,24). The van der Waals surface area contributed by atoms with Gasteiger partial charge < -0.3 is 20.1 Å². The summed E-state index contributed by atoms with van der Waals surface area (Å²) < 4.78 is 10.6. The van der Waals surface area contributed by atoms with Crippen molar-refractivity contribution < 1.29 is 19.1 Å². The molecule has 2 aromatic carbocycles. The van der Waals surface area contributed by atoms with E-state index >= 15 is 0 Å². The number of benzene rings is 2. The Morgan fingerprint density at radius 3 is 2.63 bits per heavy atom. The van der Waals surface area contributed by atoms with Crippen molar-refractivity contribution in [3.05, 3.63) is 58.6 Å². The van der Waals surface area contributed by atoms with Crippen LogP contribution in [0.5, 0.6) is 5.75 Å². The topological polar surface area (TPSA) is 76.7 Å². The fraction of sp³-hybridized carbons (Fsp3) is 0.300.